The number of hydrogen-bond donors (Lipinski definition) is 1. The van der Waals surface area contributed by atoms with Gasteiger partial charge in [0.1, 0.15) is 5.75 Å². The third kappa shape index (κ3) is 4.54. The van der Waals surface area contributed by atoms with Gasteiger partial charge in [0, 0.05) is 19.0 Å². The van der Waals surface area contributed by atoms with Crippen LogP contribution in [0, 0.1) is 11.6 Å². The number of aromatic nitrogens is 1. The number of fused-ring (bicyclic) bond motifs is 1. The lowest BCUT2D eigenvalue weighted by atomic mass is 10.3. The second kappa shape index (κ2) is 8.23. The summed E-state index contributed by atoms with van der Waals surface area (Å²) >= 11 is 1.65. The maximum Gasteiger partial charge on any atom is 0.260 e. The highest BCUT2D eigenvalue weighted by Crippen LogP contribution is 2.22. The number of para-hydroxylation sites is 1. The van der Waals surface area contributed by atoms with Crippen LogP contribution in [0.2, 0.25) is 0 Å². The van der Waals surface area contributed by atoms with E-state index < -0.39 is 17.7 Å². The van der Waals surface area contributed by atoms with Crippen LogP contribution in [0.3, 0.4) is 0 Å². The number of halogens is 2. The molecule has 0 saturated heterocycles. The molecule has 1 aromatic heterocycles. The number of ether oxygens (including phenoxy) is 1. The third-order valence-corrected chi connectivity index (χ3v) is 4.87. The summed E-state index contributed by atoms with van der Waals surface area (Å²) < 4.78 is 32.5. The zero-order chi connectivity index (χ0) is 18.5. The zero-order valence-electron chi connectivity index (χ0n) is 14.2. The SMILES string of the molecule is CC(Oc1ccc(F)c(F)c1)C(=O)NCCCc1nc2ccccc2s1. The number of amides is 1. The molecule has 26 heavy (non-hydrogen) atoms. The highest BCUT2D eigenvalue weighted by Gasteiger charge is 2.15. The first-order valence-electron chi connectivity index (χ1n) is 8.27. The maximum atomic E-state index is 13.2. The van der Waals surface area contributed by atoms with E-state index in [9.17, 15) is 13.6 Å². The van der Waals surface area contributed by atoms with Crippen molar-refractivity contribution < 1.29 is 18.3 Å². The van der Waals surface area contributed by atoms with E-state index in [1.165, 1.54) is 6.07 Å². The third-order valence-electron chi connectivity index (χ3n) is 3.78. The molecule has 0 aliphatic heterocycles. The molecule has 0 aliphatic rings. The van der Waals surface area contributed by atoms with Gasteiger partial charge in [-0.25, -0.2) is 13.8 Å². The van der Waals surface area contributed by atoms with E-state index in [1.807, 2.05) is 24.3 Å². The van der Waals surface area contributed by atoms with E-state index in [4.69, 9.17) is 4.74 Å². The quantitative estimate of drug-likeness (QED) is 0.632. The van der Waals surface area contributed by atoms with E-state index in [1.54, 1.807) is 18.3 Å². The van der Waals surface area contributed by atoms with Crippen molar-refractivity contribution in [2.75, 3.05) is 6.54 Å². The molecular formula is C19H18F2N2O2S. The van der Waals surface area contributed by atoms with Crippen molar-refractivity contribution >= 4 is 27.5 Å². The van der Waals surface area contributed by atoms with Crippen molar-refractivity contribution in [3.63, 3.8) is 0 Å². The number of nitrogens with one attached hydrogen (secondary N) is 1. The molecule has 0 saturated carbocycles. The zero-order valence-corrected chi connectivity index (χ0v) is 15.0. The van der Waals surface area contributed by atoms with E-state index in [-0.39, 0.29) is 11.7 Å². The summed E-state index contributed by atoms with van der Waals surface area (Å²) in [5, 5.41) is 3.81. The molecule has 1 N–H and O–H groups in total. The van der Waals surface area contributed by atoms with Crippen LogP contribution < -0.4 is 10.1 Å². The van der Waals surface area contributed by atoms with Gasteiger partial charge >= 0.3 is 0 Å². The lowest BCUT2D eigenvalue weighted by molar-refractivity contribution is -0.127. The number of aryl methyl sites for hydroxylation is 1. The molecule has 4 nitrogen and oxygen atoms in total. The van der Waals surface area contributed by atoms with Crippen LogP contribution in [0.25, 0.3) is 10.2 Å². The molecule has 0 radical (unpaired) electrons. The molecule has 1 amide bonds. The van der Waals surface area contributed by atoms with Crippen molar-refractivity contribution in [2.45, 2.75) is 25.9 Å². The van der Waals surface area contributed by atoms with Crippen molar-refractivity contribution in [2.24, 2.45) is 0 Å². The lowest BCUT2D eigenvalue weighted by Crippen LogP contribution is -2.36. The van der Waals surface area contributed by atoms with Gasteiger partial charge in [-0.1, -0.05) is 12.1 Å². The van der Waals surface area contributed by atoms with Crippen molar-refractivity contribution in [3.05, 3.63) is 59.1 Å². The van der Waals surface area contributed by atoms with Gasteiger partial charge in [0.25, 0.3) is 5.91 Å². The smallest absolute Gasteiger partial charge is 0.260 e. The predicted molar refractivity (Wildman–Crippen MR) is 97.4 cm³/mol. The van der Waals surface area contributed by atoms with Crippen LogP contribution in [-0.4, -0.2) is 23.5 Å². The highest BCUT2D eigenvalue weighted by molar-refractivity contribution is 7.18. The van der Waals surface area contributed by atoms with Crippen LogP contribution in [0.5, 0.6) is 5.75 Å². The molecule has 136 valence electrons. The minimum absolute atomic E-state index is 0.112. The largest absolute Gasteiger partial charge is 0.481 e. The number of benzene rings is 2. The highest BCUT2D eigenvalue weighted by atomic mass is 32.1. The van der Waals surface area contributed by atoms with Gasteiger partial charge in [-0.3, -0.25) is 4.79 Å². The lowest BCUT2D eigenvalue weighted by Gasteiger charge is -2.14. The fourth-order valence-corrected chi connectivity index (χ4v) is 3.44. The molecule has 0 spiro atoms. The topological polar surface area (TPSA) is 51.2 Å². The van der Waals surface area contributed by atoms with Crippen molar-refractivity contribution in [3.8, 4) is 5.75 Å². The van der Waals surface area contributed by atoms with E-state index in [0.29, 0.717) is 6.54 Å². The Hall–Kier alpha value is -2.54. The molecule has 3 aromatic rings. The number of carbonyl (C=O) groups is 1. The number of hydrogen-bond acceptors (Lipinski definition) is 4. The van der Waals surface area contributed by atoms with Crippen LogP contribution in [0.1, 0.15) is 18.4 Å². The molecular weight excluding hydrogens is 358 g/mol. The number of nitrogens with zero attached hydrogens (tertiary/aromatic N) is 1. The minimum Gasteiger partial charge on any atom is -0.481 e. The van der Waals surface area contributed by atoms with Gasteiger partial charge < -0.3 is 10.1 Å². The van der Waals surface area contributed by atoms with Gasteiger partial charge in [0.2, 0.25) is 0 Å². The fraction of sp³-hybridized carbons (Fsp3) is 0.263. The van der Waals surface area contributed by atoms with E-state index in [0.717, 1.165) is 40.2 Å². The first-order chi connectivity index (χ1) is 12.5. The summed E-state index contributed by atoms with van der Waals surface area (Å²) in [6.07, 6.45) is 0.726. The summed E-state index contributed by atoms with van der Waals surface area (Å²) in [6, 6.07) is 11.1. The molecule has 1 atom stereocenters. The second-order valence-electron chi connectivity index (χ2n) is 5.81. The minimum atomic E-state index is -1.01. The van der Waals surface area contributed by atoms with Crippen LogP contribution in [0.15, 0.2) is 42.5 Å². The molecule has 1 unspecified atom stereocenters. The molecule has 3 rings (SSSR count). The number of thiazole rings is 1. The molecule has 7 heteroatoms. The van der Waals surface area contributed by atoms with Crippen LogP contribution >= 0.6 is 11.3 Å². The average molecular weight is 376 g/mol. The van der Waals surface area contributed by atoms with Crippen molar-refractivity contribution in [1.29, 1.82) is 0 Å². The Morgan fingerprint density at radius 1 is 1.23 bits per heavy atom. The van der Waals surface area contributed by atoms with E-state index in [2.05, 4.69) is 10.3 Å². The predicted octanol–water partition coefficient (Wildman–Crippen LogP) is 4.09. The standard InChI is InChI=1S/C19H18F2N2O2S/c1-12(25-13-8-9-14(20)15(21)11-13)19(24)22-10-4-7-18-23-16-5-2-3-6-17(16)26-18/h2-3,5-6,8-9,11-12H,4,7,10H2,1H3,(H,22,24). The summed E-state index contributed by atoms with van der Waals surface area (Å²) in [6.45, 7) is 2.05. The Morgan fingerprint density at radius 2 is 2.04 bits per heavy atom. The Kier molecular flexibility index (Phi) is 5.78. The first kappa shape index (κ1) is 18.3. The van der Waals surface area contributed by atoms with Crippen molar-refractivity contribution in [1.82, 2.24) is 10.3 Å². The fourth-order valence-electron chi connectivity index (χ4n) is 2.43. The van der Waals surface area contributed by atoms with Gasteiger partial charge in [0.15, 0.2) is 17.7 Å². The van der Waals surface area contributed by atoms with Gasteiger partial charge in [-0.2, -0.15) is 0 Å². The average Bonchev–Trinajstić information content (AvgIpc) is 3.04. The Bertz CT molecular complexity index is 880. The van der Waals surface area contributed by atoms with Gasteiger partial charge in [-0.15, -0.1) is 11.3 Å². The summed E-state index contributed by atoms with van der Waals surface area (Å²) in [5.74, 6) is -2.16. The maximum absolute atomic E-state index is 13.2. The van der Waals surface area contributed by atoms with Gasteiger partial charge in [-0.05, 0) is 37.6 Å². The molecule has 1 heterocycles. The van der Waals surface area contributed by atoms with E-state index >= 15 is 0 Å². The molecule has 0 fully saturated rings. The summed E-state index contributed by atoms with van der Waals surface area (Å²) in [7, 11) is 0. The molecule has 0 aliphatic carbocycles. The normalized spacial score (nSPS) is 12.1. The van der Waals surface area contributed by atoms with Crippen LogP contribution in [-0.2, 0) is 11.2 Å². The van der Waals surface area contributed by atoms with Crippen LogP contribution in [0.4, 0.5) is 8.78 Å². The number of rotatable bonds is 7. The summed E-state index contributed by atoms with van der Waals surface area (Å²) in [5.41, 5.74) is 0.991. The molecule has 2 aromatic carbocycles. The summed E-state index contributed by atoms with van der Waals surface area (Å²) in [4.78, 5) is 16.6. The Labute approximate surface area is 153 Å². The van der Waals surface area contributed by atoms with Gasteiger partial charge in [0.05, 0.1) is 15.2 Å². The Morgan fingerprint density at radius 3 is 2.81 bits per heavy atom. The Balaban J connectivity index is 1.43. The monoisotopic (exact) mass is 376 g/mol. The number of carbonyl (C=O) groups excluding carboxylic acids is 1. The second-order valence-corrected chi connectivity index (χ2v) is 6.92. The molecule has 0 bridgehead atoms. The first-order valence-corrected chi connectivity index (χ1v) is 9.08.